The van der Waals surface area contributed by atoms with Crippen LogP contribution in [0.4, 0.5) is 0 Å². The zero-order valence-corrected chi connectivity index (χ0v) is 13.9. The molecule has 1 saturated carbocycles. The molecule has 122 valence electrons. The Bertz CT molecular complexity index is 661. The number of hydrogen-bond donors (Lipinski definition) is 0. The molecule has 1 aromatic heterocycles. The van der Waals surface area contributed by atoms with E-state index in [9.17, 15) is 9.59 Å². The lowest BCUT2D eigenvalue weighted by Crippen LogP contribution is -2.50. The Morgan fingerprint density at radius 1 is 1.09 bits per heavy atom. The van der Waals surface area contributed by atoms with E-state index < -0.39 is 0 Å². The van der Waals surface area contributed by atoms with Crippen LogP contribution < -0.4 is 11.2 Å². The molecule has 2 fully saturated rings. The number of rotatable bonds is 2. The van der Waals surface area contributed by atoms with Gasteiger partial charge < -0.3 is 0 Å². The fourth-order valence-corrected chi connectivity index (χ4v) is 4.34. The second kappa shape index (κ2) is 6.03. The molecule has 0 spiro atoms. The maximum absolute atomic E-state index is 12.1. The van der Waals surface area contributed by atoms with E-state index in [4.69, 9.17) is 0 Å². The summed E-state index contributed by atoms with van der Waals surface area (Å²) in [5.41, 5.74) is 0.406. The van der Waals surface area contributed by atoms with Crippen molar-refractivity contribution < 1.29 is 0 Å². The predicted octanol–water partition coefficient (Wildman–Crippen LogP) is 1.48. The standard InChI is InChI=1S/C17H27N3O2/c1-12-8-9-20(15-7-5-4-6-14(12)15)11-13-10-16(21)19(3)17(22)18(13)2/h10,12,14-15H,4-9,11H2,1-3H3/t12-,14+,15-/m1/s1. The monoisotopic (exact) mass is 305 g/mol. The second-order valence-corrected chi connectivity index (χ2v) is 7.13. The van der Waals surface area contributed by atoms with Gasteiger partial charge in [-0.3, -0.25) is 18.8 Å². The van der Waals surface area contributed by atoms with E-state index in [2.05, 4.69) is 11.8 Å². The summed E-state index contributed by atoms with van der Waals surface area (Å²) >= 11 is 0. The molecule has 3 rings (SSSR count). The summed E-state index contributed by atoms with van der Waals surface area (Å²) in [6, 6.07) is 2.24. The highest BCUT2D eigenvalue weighted by molar-refractivity contribution is 5.04. The molecule has 2 heterocycles. The van der Waals surface area contributed by atoms with E-state index >= 15 is 0 Å². The first-order valence-electron chi connectivity index (χ1n) is 8.49. The van der Waals surface area contributed by atoms with Crippen LogP contribution in [0, 0.1) is 11.8 Å². The second-order valence-electron chi connectivity index (χ2n) is 7.13. The minimum Gasteiger partial charge on any atom is -0.299 e. The summed E-state index contributed by atoms with van der Waals surface area (Å²) in [5, 5.41) is 0. The van der Waals surface area contributed by atoms with Crippen molar-refractivity contribution in [3.8, 4) is 0 Å². The fraction of sp³-hybridized carbons (Fsp3) is 0.765. The highest BCUT2D eigenvalue weighted by Gasteiger charge is 2.37. The molecule has 0 radical (unpaired) electrons. The van der Waals surface area contributed by atoms with Gasteiger partial charge in [-0.1, -0.05) is 19.8 Å². The van der Waals surface area contributed by atoms with Gasteiger partial charge in [-0.2, -0.15) is 0 Å². The quantitative estimate of drug-likeness (QED) is 0.831. The van der Waals surface area contributed by atoms with E-state index in [1.165, 1.54) is 43.7 Å². The number of fused-ring (bicyclic) bond motifs is 1. The Morgan fingerprint density at radius 3 is 2.59 bits per heavy atom. The van der Waals surface area contributed by atoms with Gasteiger partial charge in [0.05, 0.1) is 0 Å². The average molecular weight is 305 g/mol. The summed E-state index contributed by atoms with van der Waals surface area (Å²) in [7, 11) is 3.30. The van der Waals surface area contributed by atoms with Gasteiger partial charge in [0.2, 0.25) is 0 Å². The molecule has 5 nitrogen and oxygen atoms in total. The third-order valence-corrected chi connectivity index (χ3v) is 5.84. The van der Waals surface area contributed by atoms with Crippen LogP contribution >= 0.6 is 0 Å². The molecule has 3 atom stereocenters. The lowest BCUT2D eigenvalue weighted by molar-refractivity contribution is 0.0188. The van der Waals surface area contributed by atoms with Crippen LogP contribution in [0.1, 0.15) is 44.7 Å². The molecule has 5 heteroatoms. The normalized spacial score (nSPS) is 29.3. The lowest BCUT2D eigenvalue weighted by Gasteiger charge is -2.47. The van der Waals surface area contributed by atoms with E-state index in [0.29, 0.717) is 6.04 Å². The summed E-state index contributed by atoms with van der Waals surface area (Å²) in [5.74, 6) is 1.58. The molecule has 0 unspecified atom stereocenters. The van der Waals surface area contributed by atoms with E-state index in [0.717, 1.165) is 30.6 Å². The van der Waals surface area contributed by atoms with Crippen LogP contribution in [-0.2, 0) is 20.6 Å². The fourth-order valence-electron chi connectivity index (χ4n) is 4.34. The Kier molecular flexibility index (Phi) is 4.26. The third kappa shape index (κ3) is 2.67. The minimum atomic E-state index is -0.229. The van der Waals surface area contributed by atoms with E-state index in [1.54, 1.807) is 17.7 Å². The molecular weight excluding hydrogens is 278 g/mol. The summed E-state index contributed by atoms with van der Waals surface area (Å²) < 4.78 is 2.79. The van der Waals surface area contributed by atoms with Gasteiger partial charge in [0.15, 0.2) is 0 Å². The van der Waals surface area contributed by atoms with Crippen molar-refractivity contribution in [2.45, 2.75) is 51.6 Å². The summed E-state index contributed by atoms with van der Waals surface area (Å²) in [6.45, 7) is 4.18. The number of nitrogens with zero attached hydrogens (tertiary/aromatic N) is 3. The average Bonchev–Trinajstić information content (AvgIpc) is 2.53. The van der Waals surface area contributed by atoms with Crippen molar-refractivity contribution in [2.24, 2.45) is 25.9 Å². The van der Waals surface area contributed by atoms with Gasteiger partial charge in [-0.25, -0.2) is 4.79 Å². The number of piperidine rings is 1. The van der Waals surface area contributed by atoms with Gasteiger partial charge in [-0.15, -0.1) is 0 Å². The van der Waals surface area contributed by atoms with Crippen LogP contribution in [0.5, 0.6) is 0 Å². The number of likely N-dealkylation sites (tertiary alicyclic amines) is 1. The highest BCUT2D eigenvalue weighted by atomic mass is 16.2. The molecule has 0 amide bonds. The first-order chi connectivity index (χ1) is 10.5. The van der Waals surface area contributed by atoms with Crippen LogP contribution in [-0.4, -0.2) is 26.6 Å². The lowest BCUT2D eigenvalue weighted by atomic mass is 9.72. The van der Waals surface area contributed by atoms with Gasteiger partial charge in [-0.05, 0) is 37.6 Å². The molecule has 1 saturated heterocycles. The minimum absolute atomic E-state index is 0.205. The van der Waals surface area contributed by atoms with Crippen molar-refractivity contribution >= 4 is 0 Å². The van der Waals surface area contributed by atoms with Gasteiger partial charge in [0.1, 0.15) is 0 Å². The SMILES string of the molecule is C[C@@H]1CCN(Cc2cc(=O)n(C)c(=O)n2C)[C@@H]2CCCC[C@@H]12. The predicted molar refractivity (Wildman–Crippen MR) is 86.9 cm³/mol. The smallest absolute Gasteiger partial charge is 0.299 e. The first-order valence-corrected chi connectivity index (χ1v) is 8.49. The zero-order chi connectivity index (χ0) is 15.9. The molecular formula is C17H27N3O2. The topological polar surface area (TPSA) is 47.2 Å². The van der Waals surface area contributed by atoms with Crippen LogP contribution in [0.15, 0.2) is 15.7 Å². The van der Waals surface area contributed by atoms with E-state index in [1.807, 2.05) is 0 Å². The summed E-state index contributed by atoms with van der Waals surface area (Å²) in [6.07, 6.45) is 6.47. The zero-order valence-electron chi connectivity index (χ0n) is 13.9. The maximum Gasteiger partial charge on any atom is 0.330 e. The van der Waals surface area contributed by atoms with E-state index in [-0.39, 0.29) is 11.2 Å². The van der Waals surface area contributed by atoms with Crippen molar-refractivity contribution in [2.75, 3.05) is 6.54 Å². The van der Waals surface area contributed by atoms with Gasteiger partial charge >= 0.3 is 5.69 Å². The molecule has 1 aliphatic carbocycles. The molecule has 1 aliphatic heterocycles. The third-order valence-electron chi connectivity index (χ3n) is 5.84. The van der Waals surface area contributed by atoms with Gasteiger partial charge in [0.25, 0.3) is 5.56 Å². The summed E-state index contributed by atoms with van der Waals surface area (Å²) in [4.78, 5) is 26.5. The Morgan fingerprint density at radius 2 is 1.82 bits per heavy atom. The van der Waals surface area contributed by atoms with Crippen LogP contribution in [0.2, 0.25) is 0 Å². The van der Waals surface area contributed by atoms with Crippen molar-refractivity contribution in [3.05, 3.63) is 32.6 Å². The molecule has 0 bridgehead atoms. The largest absolute Gasteiger partial charge is 0.330 e. The maximum atomic E-state index is 12.1. The van der Waals surface area contributed by atoms with Crippen molar-refractivity contribution in [1.82, 2.24) is 14.0 Å². The van der Waals surface area contributed by atoms with Gasteiger partial charge in [0, 0.05) is 38.4 Å². The number of hydrogen-bond acceptors (Lipinski definition) is 3. The van der Waals surface area contributed by atoms with Crippen molar-refractivity contribution in [3.63, 3.8) is 0 Å². The Labute approximate surface area is 131 Å². The molecule has 2 aliphatic rings. The van der Waals surface area contributed by atoms with Crippen LogP contribution in [0.3, 0.4) is 0 Å². The Hall–Kier alpha value is -1.36. The van der Waals surface area contributed by atoms with Crippen LogP contribution in [0.25, 0.3) is 0 Å². The highest BCUT2D eigenvalue weighted by Crippen LogP contribution is 2.39. The number of aromatic nitrogens is 2. The molecule has 0 N–H and O–H groups in total. The molecule has 1 aromatic rings. The first kappa shape index (κ1) is 15.5. The Balaban J connectivity index is 1.87. The molecule has 22 heavy (non-hydrogen) atoms. The van der Waals surface area contributed by atoms with Crippen molar-refractivity contribution in [1.29, 1.82) is 0 Å². The molecule has 0 aromatic carbocycles.